The summed E-state index contributed by atoms with van der Waals surface area (Å²) in [7, 11) is 0. The second-order valence-corrected chi connectivity index (χ2v) is 8.00. The van der Waals surface area contributed by atoms with Crippen molar-refractivity contribution in [3.05, 3.63) is 99.4 Å². The molecule has 0 unspecified atom stereocenters. The lowest BCUT2D eigenvalue weighted by Gasteiger charge is -2.25. The zero-order valence-electron chi connectivity index (χ0n) is 18.3. The van der Waals surface area contributed by atoms with Gasteiger partial charge < -0.3 is 19.5 Å². The van der Waals surface area contributed by atoms with Crippen LogP contribution in [0.15, 0.2) is 72.6 Å². The van der Waals surface area contributed by atoms with E-state index in [0.29, 0.717) is 35.8 Å². The molecule has 3 aromatic rings. The van der Waals surface area contributed by atoms with Crippen LogP contribution in [-0.2, 0) is 16.1 Å². The van der Waals surface area contributed by atoms with Crippen molar-refractivity contribution < 1.29 is 29.1 Å². The molecule has 0 spiro atoms. The van der Waals surface area contributed by atoms with Crippen molar-refractivity contribution in [2.24, 2.45) is 0 Å². The van der Waals surface area contributed by atoms with Crippen molar-refractivity contribution in [2.45, 2.75) is 12.6 Å². The van der Waals surface area contributed by atoms with Gasteiger partial charge in [0.05, 0.1) is 16.5 Å². The number of nitro groups is 1. The highest BCUT2D eigenvalue weighted by molar-refractivity contribution is 6.46. The highest BCUT2D eigenvalue weighted by atomic mass is 16.6. The van der Waals surface area contributed by atoms with Gasteiger partial charge in [-0.05, 0) is 47.5 Å². The van der Waals surface area contributed by atoms with Crippen molar-refractivity contribution in [1.82, 2.24) is 9.88 Å². The lowest BCUT2D eigenvalue weighted by molar-refractivity contribution is -0.384. The van der Waals surface area contributed by atoms with Gasteiger partial charge in [-0.2, -0.15) is 0 Å². The van der Waals surface area contributed by atoms with Crippen LogP contribution in [0.1, 0.15) is 22.7 Å². The fourth-order valence-corrected chi connectivity index (χ4v) is 4.20. The van der Waals surface area contributed by atoms with E-state index in [2.05, 4.69) is 4.98 Å². The Labute approximate surface area is 199 Å². The molecule has 1 N–H and O–H groups in total. The molecule has 2 aromatic carbocycles. The van der Waals surface area contributed by atoms with Gasteiger partial charge in [-0.1, -0.05) is 6.07 Å². The lowest BCUT2D eigenvalue weighted by Crippen LogP contribution is -2.29. The van der Waals surface area contributed by atoms with Crippen LogP contribution in [0.2, 0.25) is 0 Å². The van der Waals surface area contributed by atoms with Gasteiger partial charge in [0.2, 0.25) is 0 Å². The first-order valence-corrected chi connectivity index (χ1v) is 10.8. The van der Waals surface area contributed by atoms with Crippen LogP contribution in [-0.4, -0.2) is 44.8 Å². The van der Waals surface area contributed by atoms with Crippen molar-refractivity contribution in [1.29, 1.82) is 0 Å². The molecule has 3 heterocycles. The fourth-order valence-electron chi connectivity index (χ4n) is 4.20. The van der Waals surface area contributed by atoms with Crippen molar-refractivity contribution >= 4 is 23.1 Å². The quantitative estimate of drug-likeness (QED) is 0.196. The SMILES string of the molecule is O=C1C(=O)N(Cc2cccnc2)[C@@H](c2ccc([N+](=O)[O-])cc2)C1=C(O)c1ccc2c(c1)OCCO2. The van der Waals surface area contributed by atoms with E-state index in [0.717, 1.165) is 0 Å². The molecule has 2 aliphatic heterocycles. The number of fused-ring (bicyclic) bond motifs is 1. The van der Waals surface area contributed by atoms with Crippen LogP contribution >= 0.6 is 0 Å². The molecule has 5 rings (SSSR count). The zero-order valence-corrected chi connectivity index (χ0v) is 18.3. The van der Waals surface area contributed by atoms with Crippen LogP contribution in [0.4, 0.5) is 5.69 Å². The van der Waals surface area contributed by atoms with Crippen LogP contribution in [0.3, 0.4) is 0 Å². The van der Waals surface area contributed by atoms with Crippen LogP contribution in [0, 0.1) is 10.1 Å². The predicted molar refractivity (Wildman–Crippen MR) is 123 cm³/mol. The number of nitrogens with zero attached hydrogens (tertiary/aromatic N) is 3. The van der Waals surface area contributed by atoms with Gasteiger partial charge in [0.25, 0.3) is 17.4 Å². The van der Waals surface area contributed by atoms with E-state index >= 15 is 0 Å². The molecule has 35 heavy (non-hydrogen) atoms. The van der Waals surface area contributed by atoms with Crippen molar-refractivity contribution in [3.8, 4) is 11.5 Å². The number of hydrogen-bond donors (Lipinski definition) is 1. The molecule has 1 fully saturated rings. The van der Waals surface area contributed by atoms with E-state index in [-0.39, 0.29) is 29.1 Å². The molecule has 1 amide bonds. The number of ketones is 1. The summed E-state index contributed by atoms with van der Waals surface area (Å²) in [5.41, 5.74) is 1.15. The number of hydrogen-bond acceptors (Lipinski definition) is 8. The summed E-state index contributed by atoms with van der Waals surface area (Å²) in [4.78, 5) is 42.3. The Morgan fingerprint density at radius 2 is 1.83 bits per heavy atom. The maximum Gasteiger partial charge on any atom is 0.295 e. The number of aliphatic hydroxyl groups excluding tert-OH is 1. The fraction of sp³-hybridized carbons (Fsp3) is 0.160. The Kier molecular flexibility index (Phi) is 5.61. The van der Waals surface area contributed by atoms with Crippen LogP contribution < -0.4 is 9.47 Å². The average molecular weight is 473 g/mol. The van der Waals surface area contributed by atoms with Gasteiger partial charge in [0, 0.05) is 36.6 Å². The number of amides is 1. The number of rotatable bonds is 5. The number of aliphatic hydroxyl groups is 1. The van der Waals surface area contributed by atoms with Gasteiger partial charge in [0.15, 0.2) is 11.5 Å². The second-order valence-electron chi connectivity index (χ2n) is 8.00. The first kappa shape index (κ1) is 22.1. The maximum absolute atomic E-state index is 13.2. The van der Waals surface area contributed by atoms with E-state index in [4.69, 9.17) is 9.47 Å². The van der Waals surface area contributed by atoms with E-state index in [1.165, 1.54) is 29.2 Å². The average Bonchev–Trinajstić information content (AvgIpc) is 3.13. The second kappa shape index (κ2) is 8.90. The minimum absolute atomic E-state index is 0.0536. The van der Waals surface area contributed by atoms with Gasteiger partial charge in [-0.3, -0.25) is 24.7 Å². The molecule has 10 heteroatoms. The number of aromatic nitrogens is 1. The van der Waals surface area contributed by atoms with Crippen molar-refractivity contribution in [2.75, 3.05) is 13.2 Å². The number of ether oxygens (including phenoxy) is 2. The summed E-state index contributed by atoms with van der Waals surface area (Å²) >= 11 is 0. The largest absolute Gasteiger partial charge is 0.507 e. The number of benzene rings is 2. The Morgan fingerprint density at radius 3 is 2.51 bits per heavy atom. The molecular weight excluding hydrogens is 454 g/mol. The standard InChI is InChI=1S/C25H19N3O7/c29-23(17-5-8-19-20(12-17)35-11-10-34-19)21-22(16-3-6-18(7-4-16)28(32)33)27(25(31)24(21)30)14-15-2-1-9-26-13-15/h1-9,12-13,22,29H,10-11,14H2/t22-/m0/s1. The number of carbonyl (C=O) groups excluding carboxylic acids is 2. The third kappa shape index (κ3) is 4.05. The number of nitro benzene ring substituents is 1. The predicted octanol–water partition coefficient (Wildman–Crippen LogP) is 3.38. The summed E-state index contributed by atoms with van der Waals surface area (Å²) in [6.45, 7) is 0.797. The monoisotopic (exact) mass is 473 g/mol. The Morgan fingerprint density at radius 1 is 1.09 bits per heavy atom. The molecule has 0 radical (unpaired) electrons. The number of pyridine rings is 1. The number of carbonyl (C=O) groups is 2. The van der Waals surface area contributed by atoms with Gasteiger partial charge in [-0.25, -0.2) is 0 Å². The number of Topliss-reactive ketones (excluding diaryl/α,β-unsaturated/α-hetero) is 1. The molecule has 1 saturated heterocycles. The third-order valence-electron chi connectivity index (χ3n) is 5.85. The number of likely N-dealkylation sites (tertiary alicyclic amines) is 1. The summed E-state index contributed by atoms with van der Waals surface area (Å²) < 4.78 is 11.1. The van der Waals surface area contributed by atoms with E-state index < -0.39 is 22.7 Å². The highest BCUT2D eigenvalue weighted by Gasteiger charge is 2.46. The van der Waals surface area contributed by atoms with E-state index in [9.17, 15) is 24.8 Å². The summed E-state index contributed by atoms with van der Waals surface area (Å²) in [5, 5.41) is 22.4. The zero-order chi connectivity index (χ0) is 24.5. The Bertz CT molecular complexity index is 1350. The first-order chi connectivity index (χ1) is 16.9. The molecule has 0 bridgehead atoms. The molecular formula is C25H19N3O7. The number of non-ortho nitro benzene ring substituents is 1. The normalized spacial score (nSPS) is 18.5. The highest BCUT2D eigenvalue weighted by Crippen LogP contribution is 2.42. The van der Waals surface area contributed by atoms with Gasteiger partial charge >= 0.3 is 0 Å². The molecule has 2 aliphatic rings. The first-order valence-electron chi connectivity index (χ1n) is 10.8. The van der Waals surface area contributed by atoms with Crippen LogP contribution in [0.5, 0.6) is 11.5 Å². The summed E-state index contributed by atoms with van der Waals surface area (Å²) in [5.74, 6) is -1.10. The molecule has 10 nitrogen and oxygen atoms in total. The third-order valence-corrected chi connectivity index (χ3v) is 5.85. The molecule has 176 valence electrons. The van der Waals surface area contributed by atoms with Crippen molar-refractivity contribution in [3.63, 3.8) is 0 Å². The smallest absolute Gasteiger partial charge is 0.295 e. The minimum atomic E-state index is -0.968. The molecule has 1 atom stereocenters. The molecule has 0 aliphatic carbocycles. The summed E-state index contributed by atoms with van der Waals surface area (Å²) in [6.07, 6.45) is 3.17. The van der Waals surface area contributed by atoms with Gasteiger partial charge in [-0.15, -0.1) is 0 Å². The topological polar surface area (TPSA) is 132 Å². The summed E-state index contributed by atoms with van der Waals surface area (Å²) in [6, 6.07) is 12.8. The molecule has 0 saturated carbocycles. The Balaban J connectivity index is 1.63. The maximum atomic E-state index is 13.2. The van der Waals surface area contributed by atoms with E-state index in [1.807, 2.05) is 0 Å². The molecule has 1 aromatic heterocycles. The van der Waals surface area contributed by atoms with Crippen LogP contribution in [0.25, 0.3) is 5.76 Å². The van der Waals surface area contributed by atoms with E-state index in [1.54, 1.807) is 42.7 Å². The Hall–Kier alpha value is -4.73. The minimum Gasteiger partial charge on any atom is -0.507 e. The lowest BCUT2D eigenvalue weighted by atomic mass is 9.95. The van der Waals surface area contributed by atoms with Gasteiger partial charge in [0.1, 0.15) is 19.0 Å².